The smallest absolute Gasteiger partial charge is 0.141 e. The van der Waals surface area contributed by atoms with Crippen molar-refractivity contribution in [2.24, 2.45) is 11.3 Å². The first-order chi connectivity index (χ1) is 8.69. The lowest BCUT2D eigenvalue weighted by Crippen LogP contribution is -2.34. The molecule has 1 heterocycles. The van der Waals surface area contributed by atoms with Crippen LogP contribution in [0, 0.1) is 17.2 Å². The van der Waals surface area contributed by atoms with Crippen LogP contribution in [0.4, 0.5) is 4.39 Å². The number of pyridine rings is 1. The second kappa shape index (κ2) is 6.44. The van der Waals surface area contributed by atoms with Gasteiger partial charge in [0.15, 0.2) is 0 Å². The van der Waals surface area contributed by atoms with Gasteiger partial charge in [0.25, 0.3) is 0 Å². The second-order valence-electron chi connectivity index (χ2n) is 6.58. The SMILES string of the molecule is CC(CN(C)CC(C)(C)C)C(O)c1ccc(F)cn1. The van der Waals surface area contributed by atoms with Crippen molar-refractivity contribution in [3.05, 3.63) is 29.8 Å². The van der Waals surface area contributed by atoms with Gasteiger partial charge in [0.05, 0.1) is 18.0 Å². The van der Waals surface area contributed by atoms with Gasteiger partial charge in [0.1, 0.15) is 5.82 Å². The van der Waals surface area contributed by atoms with E-state index in [0.29, 0.717) is 5.69 Å². The Kier molecular flexibility index (Phi) is 5.44. The first kappa shape index (κ1) is 16.1. The molecule has 0 aliphatic heterocycles. The summed E-state index contributed by atoms with van der Waals surface area (Å²) in [6.45, 7) is 10.3. The summed E-state index contributed by atoms with van der Waals surface area (Å²) in [5.41, 5.74) is 0.756. The molecule has 1 aromatic rings. The molecule has 0 fully saturated rings. The zero-order valence-electron chi connectivity index (χ0n) is 12.5. The van der Waals surface area contributed by atoms with Crippen LogP contribution in [0.5, 0.6) is 0 Å². The Morgan fingerprint density at radius 1 is 1.37 bits per heavy atom. The fourth-order valence-electron chi connectivity index (χ4n) is 2.32. The monoisotopic (exact) mass is 268 g/mol. The van der Waals surface area contributed by atoms with Crippen molar-refractivity contribution in [3.63, 3.8) is 0 Å². The highest BCUT2D eigenvalue weighted by molar-refractivity contribution is 5.08. The Balaban J connectivity index is 2.57. The average molecular weight is 268 g/mol. The van der Waals surface area contributed by atoms with E-state index in [1.807, 2.05) is 14.0 Å². The zero-order chi connectivity index (χ0) is 14.6. The van der Waals surface area contributed by atoms with Gasteiger partial charge in [-0.25, -0.2) is 4.39 Å². The lowest BCUT2D eigenvalue weighted by Gasteiger charge is -2.30. The molecule has 0 radical (unpaired) electrons. The molecule has 0 bridgehead atoms. The maximum absolute atomic E-state index is 12.8. The lowest BCUT2D eigenvalue weighted by molar-refractivity contribution is 0.0827. The van der Waals surface area contributed by atoms with E-state index in [-0.39, 0.29) is 17.2 Å². The van der Waals surface area contributed by atoms with Crippen LogP contribution in [-0.2, 0) is 0 Å². The fraction of sp³-hybridized carbons (Fsp3) is 0.667. The highest BCUT2D eigenvalue weighted by atomic mass is 19.1. The summed E-state index contributed by atoms with van der Waals surface area (Å²) >= 11 is 0. The van der Waals surface area contributed by atoms with E-state index in [9.17, 15) is 9.50 Å². The summed E-state index contributed by atoms with van der Waals surface area (Å²) in [6, 6.07) is 2.87. The van der Waals surface area contributed by atoms with E-state index < -0.39 is 6.10 Å². The van der Waals surface area contributed by atoms with Gasteiger partial charge in [0, 0.05) is 19.0 Å². The molecule has 2 unspecified atom stereocenters. The van der Waals surface area contributed by atoms with Crippen molar-refractivity contribution in [2.45, 2.75) is 33.8 Å². The second-order valence-corrected chi connectivity index (χ2v) is 6.58. The van der Waals surface area contributed by atoms with Gasteiger partial charge in [0.2, 0.25) is 0 Å². The molecule has 0 saturated heterocycles. The van der Waals surface area contributed by atoms with E-state index in [4.69, 9.17) is 0 Å². The molecule has 4 heteroatoms. The molecule has 1 aromatic heterocycles. The number of halogens is 1. The maximum atomic E-state index is 12.8. The molecule has 0 amide bonds. The van der Waals surface area contributed by atoms with E-state index in [0.717, 1.165) is 19.3 Å². The van der Waals surface area contributed by atoms with Crippen molar-refractivity contribution in [1.29, 1.82) is 0 Å². The summed E-state index contributed by atoms with van der Waals surface area (Å²) < 4.78 is 12.8. The van der Waals surface area contributed by atoms with Gasteiger partial charge in [-0.2, -0.15) is 0 Å². The summed E-state index contributed by atoms with van der Waals surface area (Å²) in [4.78, 5) is 6.14. The Morgan fingerprint density at radius 2 is 2.00 bits per heavy atom. The Hall–Kier alpha value is -1.00. The number of aliphatic hydroxyl groups is 1. The third-order valence-electron chi connectivity index (χ3n) is 2.94. The maximum Gasteiger partial charge on any atom is 0.141 e. The van der Waals surface area contributed by atoms with Gasteiger partial charge in [-0.1, -0.05) is 27.7 Å². The lowest BCUT2D eigenvalue weighted by atomic mass is 9.95. The van der Waals surface area contributed by atoms with Crippen molar-refractivity contribution >= 4 is 0 Å². The predicted octanol–water partition coefficient (Wildman–Crippen LogP) is 2.87. The van der Waals surface area contributed by atoms with Crippen LogP contribution < -0.4 is 0 Å². The third kappa shape index (κ3) is 5.66. The summed E-state index contributed by atoms with van der Waals surface area (Å²) in [5, 5.41) is 10.2. The highest BCUT2D eigenvalue weighted by Crippen LogP contribution is 2.22. The predicted molar refractivity (Wildman–Crippen MR) is 75.3 cm³/mol. The Labute approximate surface area is 115 Å². The largest absolute Gasteiger partial charge is 0.386 e. The van der Waals surface area contributed by atoms with Crippen LogP contribution in [0.2, 0.25) is 0 Å². The van der Waals surface area contributed by atoms with Gasteiger partial charge >= 0.3 is 0 Å². The van der Waals surface area contributed by atoms with Crippen molar-refractivity contribution < 1.29 is 9.50 Å². The Morgan fingerprint density at radius 3 is 2.47 bits per heavy atom. The molecule has 0 aromatic carbocycles. The zero-order valence-corrected chi connectivity index (χ0v) is 12.5. The minimum absolute atomic E-state index is 0.0466. The first-order valence-electron chi connectivity index (χ1n) is 6.67. The van der Waals surface area contributed by atoms with Crippen LogP contribution >= 0.6 is 0 Å². The van der Waals surface area contributed by atoms with E-state index in [1.54, 1.807) is 6.07 Å². The molecular weight excluding hydrogens is 243 g/mol. The number of hydrogen-bond acceptors (Lipinski definition) is 3. The van der Waals surface area contributed by atoms with E-state index in [1.165, 1.54) is 6.07 Å². The van der Waals surface area contributed by atoms with Gasteiger partial charge in [-0.3, -0.25) is 4.98 Å². The minimum atomic E-state index is -0.664. The topological polar surface area (TPSA) is 36.4 Å². The molecule has 19 heavy (non-hydrogen) atoms. The molecule has 0 spiro atoms. The van der Waals surface area contributed by atoms with Gasteiger partial charge in [-0.05, 0) is 24.6 Å². The van der Waals surface area contributed by atoms with Crippen molar-refractivity contribution in [3.8, 4) is 0 Å². The Bertz CT molecular complexity index is 386. The van der Waals surface area contributed by atoms with Crippen LogP contribution in [0.25, 0.3) is 0 Å². The molecule has 108 valence electrons. The van der Waals surface area contributed by atoms with Crippen LogP contribution in [0.3, 0.4) is 0 Å². The molecule has 1 N–H and O–H groups in total. The molecule has 0 aliphatic carbocycles. The van der Waals surface area contributed by atoms with Gasteiger partial charge in [-0.15, -0.1) is 0 Å². The average Bonchev–Trinajstić information content (AvgIpc) is 2.26. The molecule has 0 aliphatic rings. The van der Waals surface area contributed by atoms with Crippen LogP contribution in [-0.4, -0.2) is 35.1 Å². The summed E-state index contributed by atoms with van der Waals surface area (Å²) in [6.07, 6.45) is 0.479. The fourth-order valence-corrected chi connectivity index (χ4v) is 2.32. The summed E-state index contributed by atoms with van der Waals surface area (Å²) in [5.74, 6) is -0.334. The molecule has 1 rings (SSSR count). The van der Waals surface area contributed by atoms with Crippen molar-refractivity contribution in [1.82, 2.24) is 9.88 Å². The quantitative estimate of drug-likeness (QED) is 0.892. The van der Waals surface area contributed by atoms with Gasteiger partial charge < -0.3 is 10.0 Å². The van der Waals surface area contributed by atoms with Crippen molar-refractivity contribution in [2.75, 3.05) is 20.1 Å². The molecule has 0 saturated carbocycles. The number of aromatic nitrogens is 1. The summed E-state index contributed by atoms with van der Waals surface area (Å²) in [7, 11) is 2.05. The number of nitrogens with zero attached hydrogens (tertiary/aromatic N) is 2. The van der Waals surface area contributed by atoms with Crippen LogP contribution in [0.1, 0.15) is 39.5 Å². The molecule has 3 nitrogen and oxygen atoms in total. The normalized spacial score (nSPS) is 15.6. The van der Waals surface area contributed by atoms with E-state index >= 15 is 0 Å². The highest BCUT2D eigenvalue weighted by Gasteiger charge is 2.21. The number of rotatable bonds is 5. The third-order valence-corrected chi connectivity index (χ3v) is 2.94. The minimum Gasteiger partial charge on any atom is -0.386 e. The van der Waals surface area contributed by atoms with E-state index in [2.05, 4.69) is 30.7 Å². The standard InChI is InChI=1S/C15H25FN2O/c1-11(9-18(5)10-15(2,3)4)14(19)13-7-6-12(16)8-17-13/h6-8,11,14,19H,9-10H2,1-5H3. The number of aliphatic hydroxyl groups excluding tert-OH is 1. The number of hydrogen-bond donors (Lipinski definition) is 1. The first-order valence-corrected chi connectivity index (χ1v) is 6.67. The van der Waals surface area contributed by atoms with Crippen LogP contribution in [0.15, 0.2) is 18.3 Å². The molecule has 2 atom stereocenters. The molecular formula is C15H25FN2O.